The smallest absolute Gasteiger partial charge is 0.0411 e. The third kappa shape index (κ3) is 4.02. The minimum absolute atomic E-state index is 0.826. The Labute approximate surface area is 73.2 Å². The van der Waals surface area contributed by atoms with Gasteiger partial charge in [0.2, 0.25) is 0 Å². The number of hydrogen-bond donors (Lipinski definition) is 1. The van der Waals surface area contributed by atoms with Crippen molar-refractivity contribution in [1.82, 2.24) is 0 Å². The van der Waals surface area contributed by atoms with Crippen molar-refractivity contribution in [3.05, 3.63) is 34.3 Å². The van der Waals surface area contributed by atoms with Gasteiger partial charge in [0, 0.05) is 5.02 Å². The summed E-state index contributed by atoms with van der Waals surface area (Å²) >= 11 is 5.75. The van der Waals surface area contributed by atoms with Gasteiger partial charge in [0.15, 0.2) is 0 Å². The minimum Gasteiger partial charge on any atom is -0.333 e. The zero-order chi connectivity index (χ0) is 8.85. The Balaban J connectivity index is 0.000000461. The lowest BCUT2D eigenvalue weighted by atomic mass is 10.2. The average molecular weight is 172 g/mol. The molecule has 0 amide bonds. The molecule has 0 saturated carbocycles. The van der Waals surface area contributed by atoms with Crippen LogP contribution in [-0.4, -0.2) is 7.05 Å². The maximum absolute atomic E-state index is 5.75. The molecular formula is C9H14ClN. The molecule has 1 aromatic rings. The molecule has 0 atom stereocenters. The molecule has 0 bridgehead atoms. The molecule has 0 spiro atoms. The van der Waals surface area contributed by atoms with E-state index in [0.717, 1.165) is 5.02 Å². The van der Waals surface area contributed by atoms with Crippen LogP contribution in [0, 0.1) is 13.8 Å². The quantitative estimate of drug-likeness (QED) is 0.638. The average Bonchev–Trinajstić information content (AvgIpc) is 1.88. The van der Waals surface area contributed by atoms with E-state index in [2.05, 4.69) is 11.8 Å². The lowest BCUT2D eigenvalue weighted by molar-refractivity contribution is 1.39. The van der Waals surface area contributed by atoms with Crippen LogP contribution in [0.5, 0.6) is 0 Å². The Kier molecular flexibility index (Phi) is 4.92. The predicted octanol–water partition coefficient (Wildman–Crippen LogP) is 2.53. The van der Waals surface area contributed by atoms with Crippen LogP contribution in [0.25, 0.3) is 0 Å². The monoisotopic (exact) mass is 171 g/mol. The maximum atomic E-state index is 5.75. The van der Waals surface area contributed by atoms with Crippen LogP contribution >= 0.6 is 11.6 Å². The molecule has 0 aliphatic carbocycles. The summed E-state index contributed by atoms with van der Waals surface area (Å²) in [6.07, 6.45) is 0. The van der Waals surface area contributed by atoms with Crippen LogP contribution in [0.1, 0.15) is 11.1 Å². The first-order valence-electron chi connectivity index (χ1n) is 3.50. The van der Waals surface area contributed by atoms with Gasteiger partial charge in [0.1, 0.15) is 0 Å². The number of nitrogens with two attached hydrogens (primary N) is 1. The van der Waals surface area contributed by atoms with E-state index in [4.69, 9.17) is 11.6 Å². The van der Waals surface area contributed by atoms with E-state index in [1.54, 1.807) is 0 Å². The van der Waals surface area contributed by atoms with Gasteiger partial charge in [-0.1, -0.05) is 17.7 Å². The molecule has 11 heavy (non-hydrogen) atoms. The second-order valence-electron chi connectivity index (χ2n) is 2.31. The highest BCUT2D eigenvalue weighted by Crippen LogP contribution is 2.12. The summed E-state index contributed by atoms with van der Waals surface area (Å²) in [6, 6.07) is 6.01. The highest BCUT2D eigenvalue weighted by Gasteiger charge is 1.89. The maximum Gasteiger partial charge on any atom is 0.0411 e. The Morgan fingerprint density at radius 1 is 1.00 bits per heavy atom. The summed E-state index contributed by atoms with van der Waals surface area (Å²) < 4.78 is 0. The molecule has 0 unspecified atom stereocenters. The molecule has 2 N–H and O–H groups in total. The van der Waals surface area contributed by atoms with Crippen LogP contribution in [0.15, 0.2) is 18.2 Å². The van der Waals surface area contributed by atoms with Gasteiger partial charge in [-0.3, -0.25) is 0 Å². The standard InChI is InChI=1S/C8H9Cl.CH5N/c1-6-3-7(2)5-8(9)4-6;1-2/h3-5H,1-2H3;2H2,1H3. The highest BCUT2D eigenvalue weighted by atomic mass is 35.5. The van der Waals surface area contributed by atoms with Gasteiger partial charge >= 0.3 is 0 Å². The Bertz CT molecular complexity index is 170. The molecule has 62 valence electrons. The summed E-state index contributed by atoms with van der Waals surface area (Å²) in [6.45, 7) is 4.08. The van der Waals surface area contributed by atoms with Crippen molar-refractivity contribution in [2.45, 2.75) is 13.8 Å². The molecular weight excluding hydrogens is 158 g/mol. The molecule has 0 saturated heterocycles. The Morgan fingerprint density at radius 3 is 1.64 bits per heavy atom. The molecule has 0 aliphatic heterocycles. The zero-order valence-corrected chi connectivity index (χ0v) is 7.94. The third-order valence-corrected chi connectivity index (χ3v) is 1.40. The van der Waals surface area contributed by atoms with Gasteiger partial charge < -0.3 is 5.73 Å². The SMILES string of the molecule is CN.Cc1cc(C)cc(Cl)c1. The first kappa shape index (κ1) is 10.5. The van der Waals surface area contributed by atoms with Crippen LogP contribution in [-0.2, 0) is 0 Å². The second kappa shape index (κ2) is 5.16. The normalized spacial score (nSPS) is 8.45. The van der Waals surface area contributed by atoms with E-state index in [-0.39, 0.29) is 0 Å². The molecule has 0 radical (unpaired) electrons. The number of hydrogen-bond acceptors (Lipinski definition) is 1. The van der Waals surface area contributed by atoms with Crippen molar-refractivity contribution in [2.75, 3.05) is 7.05 Å². The molecule has 0 aromatic heterocycles. The molecule has 0 aliphatic rings. The van der Waals surface area contributed by atoms with Crippen LogP contribution in [0.2, 0.25) is 5.02 Å². The molecule has 0 fully saturated rings. The largest absolute Gasteiger partial charge is 0.333 e. The number of halogens is 1. The van der Waals surface area contributed by atoms with Crippen molar-refractivity contribution in [1.29, 1.82) is 0 Å². The summed E-state index contributed by atoms with van der Waals surface area (Å²) in [5.74, 6) is 0. The zero-order valence-electron chi connectivity index (χ0n) is 7.19. The molecule has 2 heteroatoms. The van der Waals surface area contributed by atoms with E-state index in [0.29, 0.717) is 0 Å². The Morgan fingerprint density at radius 2 is 1.36 bits per heavy atom. The van der Waals surface area contributed by atoms with E-state index >= 15 is 0 Å². The van der Waals surface area contributed by atoms with Crippen molar-refractivity contribution in [2.24, 2.45) is 5.73 Å². The molecule has 1 nitrogen and oxygen atoms in total. The summed E-state index contributed by atoms with van der Waals surface area (Å²) in [7, 11) is 1.50. The van der Waals surface area contributed by atoms with Gasteiger partial charge in [-0.25, -0.2) is 0 Å². The van der Waals surface area contributed by atoms with E-state index in [1.807, 2.05) is 26.0 Å². The first-order valence-corrected chi connectivity index (χ1v) is 3.88. The van der Waals surface area contributed by atoms with Crippen molar-refractivity contribution in [3.8, 4) is 0 Å². The van der Waals surface area contributed by atoms with Crippen molar-refractivity contribution >= 4 is 11.6 Å². The fourth-order valence-corrected chi connectivity index (χ4v) is 1.26. The number of aryl methyl sites for hydroxylation is 2. The molecule has 0 heterocycles. The first-order chi connectivity index (χ1) is 5.18. The van der Waals surface area contributed by atoms with Gasteiger partial charge in [0.25, 0.3) is 0 Å². The summed E-state index contributed by atoms with van der Waals surface area (Å²) in [5.41, 5.74) is 6.94. The minimum atomic E-state index is 0.826. The lowest BCUT2D eigenvalue weighted by Gasteiger charge is -1.95. The topological polar surface area (TPSA) is 26.0 Å². The van der Waals surface area contributed by atoms with E-state index in [1.165, 1.54) is 18.2 Å². The van der Waals surface area contributed by atoms with E-state index < -0.39 is 0 Å². The lowest BCUT2D eigenvalue weighted by Crippen LogP contribution is -1.74. The van der Waals surface area contributed by atoms with Gasteiger partial charge in [0.05, 0.1) is 0 Å². The van der Waals surface area contributed by atoms with E-state index in [9.17, 15) is 0 Å². The second-order valence-corrected chi connectivity index (χ2v) is 2.74. The van der Waals surface area contributed by atoms with Gasteiger partial charge in [-0.15, -0.1) is 0 Å². The van der Waals surface area contributed by atoms with Crippen molar-refractivity contribution < 1.29 is 0 Å². The third-order valence-electron chi connectivity index (χ3n) is 1.19. The fourth-order valence-electron chi connectivity index (χ4n) is 0.919. The van der Waals surface area contributed by atoms with Gasteiger partial charge in [-0.2, -0.15) is 0 Å². The van der Waals surface area contributed by atoms with Crippen LogP contribution < -0.4 is 5.73 Å². The van der Waals surface area contributed by atoms with Gasteiger partial charge in [-0.05, 0) is 44.2 Å². The van der Waals surface area contributed by atoms with Crippen LogP contribution in [0.4, 0.5) is 0 Å². The summed E-state index contributed by atoms with van der Waals surface area (Å²) in [5, 5.41) is 0.826. The number of rotatable bonds is 0. The Hall–Kier alpha value is -0.530. The van der Waals surface area contributed by atoms with Crippen LogP contribution in [0.3, 0.4) is 0 Å². The number of benzene rings is 1. The summed E-state index contributed by atoms with van der Waals surface area (Å²) in [4.78, 5) is 0. The molecule has 1 rings (SSSR count). The fraction of sp³-hybridized carbons (Fsp3) is 0.333. The van der Waals surface area contributed by atoms with Crippen molar-refractivity contribution in [3.63, 3.8) is 0 Å². The highest BCUT2D eigenvalue weighted by molar-refractivity contribution is 6.30. The molecule has 1 aromatic carbocycles. The predicted molar refractivity (Wildman–Crippen MR) is 51.0 cm³/mol.